The van der Waals surface area contributed by atoms with Crippen LogP contribution < -0.4 is 0 Å². The highest BCUT2D eigenvalue weighted by atomic mass is 16.6. The van der Waals surface area contributed by atoms with Crippen molar-refractivity contribution in [1.29, 1.82) is 0 Å². The van der Waals surface area contributed by atoms with Gasteiger partial charge in [-0.1, -0.05) is 41.5 Å². The Morgan fingerprint density at radius 1 is 1.30 bits per heavy atom. The van der Waals surface area contributed by atoms with Crippen molar-refractivity contribution in [2.45, 2.75) is 66.9 Å². The van der Waals surface area contributed by atoms with Crippen molar-refractivity contribution >= 4 is 11.9 Å². The second-order valence-corrected chi connectivity index (χ2v) is 7.96. The Kier molecular flexibility index (Phi) is 5.22. The highest BCUT2D eigenvalue weighted by Crippen LogP contribution is 2.37. The number of cyclic esters (lactones) is 1. The SMILES string of the molecule is CC(C)(C)CC(C(=O)OC1CCC(=O)OC1)C(C)(C)C. The smallest absolute Gasteiger partial charge is 0.309 e. The van der Waals surface area contributed by atoms with Crippen molar-refractivity contribution in [2.75, 3.05) is 6.61 Å². The number of esters is 2. The molecule has 1 fully saturated rings. The summed E-state index contributed by atoms with van der Waals surface area (Å²) in [5, 5.41) is 0. The van der Waals surface area contributed by atoms with Crippen LogP contribution in [0.15, 0.2) is 0 Å². The standard InChI is InChI=1S/C16H28O4/c1-15(2,3)9-12(16(4,5)6)14(18)20-11-7-8-13(17)19-10-11/h11-12H,7-10H2,1-6H3. The summed E-state index contributed by atoms with van der Waals surface area (Å²) in [7, 11) is 0. The zero-order chi connectivity index (χ0) is 15.6. The minimum Gasteiger partial charge on any atom is -0.462 e. The molecule has 4 heteroatoms. The van der Waals surface area contributed by atoms with Gasteiger partial charge in [0.2, 0.25) is 0 Å². The Morgan fingerprint density at radius 3 is 2.30 bits per heavy atom. The largest absolute Gasteiger partial charge is 0.462 e. The monoisotopic (exact) mass is 284 g/mol. The fourth-order valence-corrected chi connectivity index (χ4v) is 2.32. The van der Waals surface area contributed by atoms with Crippen LogP contribution in [-0.2, 0) is 19.1 Å². The predicted molar refractivity (Wildman–Crippen MR) is 77.1 cm³/mol. The Morgan fingerprint density at radius 2 is 1.90 bits per heavy atom. The Labute approximate surface area is 122 Å². The molecule has 1 aliphatic heterocycles. The molecule has 0 aromatic carbocycles. The van der Waals surface area contributed by atoms with Gasteiger partial charge in [-0.25, -0.2) is 0 Å². The molecule has 0 spiro atoms. The van der Waals surface area contributed by atoms with E-state index in [1.54, 1.807) is 0 Å². The average Bonchev–Trinajstić information content (AvgIpc) is 2.26. The lowest BCUT2D eigenvalue weighted by molar-refractivity contribution is -0.172. The number of hydrogen-bond acceptors (Lipinski definition) is 4. The van der Waals surface area contributed by atoms with Crippen molar-refractivity contribution < 1.29 is 19.1 Å². The normalized spacial score (nSPS) is 22.1. The number of ether oxygens (including phenoxy) is 2. The first-order valence-electron chi connectivity index (χ1n) is 7.35. The van der Waals surface area contributed by atoms with E-state index in [-0.39, 0.29) is 41.4 Å². The maximum absolute atomic E-state index is 12.5. The maximum Gasteiger partial charge on any atom is 0.309 e. The van der Waals surface area contributed by atoms with Gasteiger partial charge in [-0.15, -0.1) is 0 Å². The van der Waals surface area contributed by atoms with Gasteiger partial charge in [-0.3, -0.25) is 9.59 Å². The summed E-state index contributed by atoms with van der Waals surface area (Å²) in [5.74, 6) is -0.533. The molecule has 0 amide bonds. The second-order valence-electron chi connectivity index (χ2n) is 7.96. The average molecular weight is 284 g/mol. The zero-order valence-corrected chi connectivity index (χ0v) is 13.6. The summed E-state index contributed by atoms with van der Waals surface area (Å²) in [6, 6.07) is 0. The van der Waals surface area contributed by atoms with E-state index in [0.717, 1.165) is 6.42 Å². The molecule has 4 nitrogen and oxygen atoms in total. The summed E-state index contributed by atoms with van der Waals surface area (Å²) >= 11 is 0. The van der Waals surface area contributed by atoms with Crippen LogP contribution in [0.5, 0.6) is 0 Å². The van der Waals surface area contributed by atoms with Gasteiger partial charge in [0.1, 0.15) is 12.7 Å². The number of carbonyl (C=O) groups excluding carboxylic acids is 2. The van der Waals surface area contributed by atoms with Gasteiger partial charge in [0.25, 0.3) is 0 Å². The molecule has 1 aliphatic rings. The molecule has 1 saturated heterocycles. The van der Waals surface area contributed by atoms with Crippen LogP contribution in [0.2, 0.25) is 0 Å². The molecular weight excluding hydrogens is 256 g/mol. The van der Waals surface area contributed by atoms with Crippen LogP contribution in [0, 0.1) is 16.7 Å². The van der Waals surface area contributed by atoms with E-state index in [4.69, 9.17) is 9.47 Å². The van der Waals surface area contributed by atoms with Crippen LogP contribution in [-0.4, -0.2) is 24.6 Å². The van der Waals surface area contributed by atoms with Crippen LogP contribution in [0.1, 0.15) is 60.8 Å². The molecule has 2 atom stereocenters. The van der Waals surface area contributed by atoms with E-state index in [9.17, 15) is 9.59 Å². The Balaban J connectivity index is 2.66. The molecule has 0 radical (unpaired) electrons. The van der Waals surface area contributed by atoms with E-state index in [2.05, 4.69) is 41.5 Å². The van der Waals surface area contributed by atoms with Gasteiger partial charge >= 0.3 is 11.9 Å². The first kappa shape index (κ1) is 17.0. The summed E-state index contributed by atoms with van der Waals surface area (Å²) in [6.45, 7) is 12.8. The highest BCUT2D eigenvalue weighted by Gasteiger charge is 2.37. The molecule has 116 valence electrons. The Hall–Kier alpha value is -1.06. The molecule has 2 unspecified atom stereocenters. The quantitative estimate of drug-likeness (QED) is 0.746. The van der Waals surface area contributed by atoms with Gasteiger partial charge in [0, 0.05) is 6.42 Å². The van der Waals surface area contributed by atoms with Crippen molar-refractivity contribution in [2.24, 2.45) is 16.7 Å². The summed E-state index contributed by atoms with van der Waals surface area (Å²) in [4.78, 5) is 23.5. The lowest BCUT2D eigenvalue weighted by Gasteiger charge is -2.35. The molecule has 1 rings (SSSR count). The van der Waals surface area contributed by atoms with E-state index in [0.29, 0.717) is 12.8 Å². The van der Waals surface area contributed by atoms with Crippen molar-refractivity contribution in [3.63, 3.8) is 0 Å². The minimum absolute atomic E-state index is 0.0655. The van der Waals surface area contributed by atoms with Gasteiger partial charge in [0.15, 0.2) is 0 Å². The molecule has 0 N–H and O–H groups in total. The molecule has 20 heavy (non-hydrogen) atoms. The van der Waals surface area contributed by atoms with E-state index in [1.165, 1.54) is 0 Å². The fraction of sp³-hybridized carbons (Fsp3) is 0.875. The van der Waals surface area contributed by atoms with Crippen molar-refractivity contribution in [3.05, 3.63) is 0 Å². The third-order valence-electron chi connectivity index (χ3n) is 3.53. The lowest BCUT2D eigenvalue weighted by atomic mass is 9.72. The van der Waals surface area contributed by atoms with Crippen LogP contribution in [0.3, 0.4) is 0 Å². The number of rotatable bonds is 3. The number of hydrogen-bond donors (Lipinski definition) is 0. The third kappa shape index (κ3) is 5.51. The van der Waals surface area contributed by atoms with E-state index >= 15 is 0 Å². The van der Waals surface area contributed by atoms with E-state index in [1.807, 2.05) is 0 Å². The Bertz CT molecular complexity index is 350. The van der Waals surface area contributed by atoms with Gasteiger partial charge < -0.3 is 9.47 Å². The minimum atomic E-state index is -0.287. The molecule has 0 aromatic rings. The topological polar surface area (TPSA) is 52.6 Å². The van der Waals surface area contributed by atoms with Gasteiger partial charge in [-0.05, 0) is 23.7 Å². The molecule has 0 bridgehead atoms. The van der Waals surface area contributed by atoms with Gasteiger partial charge in [-0.2, -0.15) is 0 Å². The molecular formula is C16H28O4. The first-order chi connectivity index (χ1) is 8.99. The maximum atomic E-state index is 12.5. The third-order valence-corrected chi connectivity index (χ3v) is 3.53. The lowest BCUT2D eigenvalue weighted by Crippen LogP contribution is -2.38. The predicted octanol–water partition coefficient (Wildman–Crippen LogP) is 3.33. The fourth-order valence-electron chi connectivity index (χ4n) is 2.32. The molecule has 1 heterocycles. The molecule has 0 saturated carbocycles. The van der Waals surface area contributed by atoms with Gasteiger partial charge in [0.05, 0.1) is 5.92 Å². The molecule has 0 aromatic heterocycles. The van der Waals surface area contributed by atoms with Crippen molar-refractivity contribution in [3.8, 4) is 0 Å². The number of carbonyl (C=O) groups is 2. The van der Waals surface area contributed by atoms with Crippen LogP contribution in [0.25, 0.3) is 0 Å². The summed E-state index contributed by atoms with van der Waals surface area (Å²) in [6.07, 6.45) is 1.39. The van der Waals surface area contributed by atoms with Crippen LogP contribution in [0.4, 0.5) is 0 Å². The first-order valence-corrected chi connectivity index (χ1v) is 7.35. The van der Waals surface area contributed by atoms with Crippen molar-refractivity contribution in [1.82, 2.24) is 0 Å². The summed E-state index contributed by atoms with van der Waals surface area (Å²) in [5.41, 5.74) is -0.0777. The highest BCUT2D eigenvalue weighted by molar-refractivity contribution is 5.74. The van der Waals surface area contributed by atoms with E-state index < -0.39 is 0 Å². The summed E-state index contributed by atoms with van der Waals surface area (Å²) < 4.78 is 10.5. The zero-order valence-electron chi connectivity index (χ0n) is 13.6. The second kappa shape index (κ2) is 6.15. The van der Waals surface area contributed by atoms with Crippen LogP contribution >= 0.6 is 0 Å². The molecule has 0 aliphatic carbocycles.